The first kappa shape index (κ1) is 18.8. The molecule has 0 spiro atoms. The van der Waals surface area contributed by atoms with E-state index in [2.05, 4.69) is 12.6 Å². The lowest BCUT2D eigenvalue weighted by atomic mass is 9.89. The summed E-state index contributed by atoms with van der Waals surface area (Å²) < 4.78 is 14.0. The van der Waals surface area contributed by atoms with Crippen LogP contribution in [0.2, 0.25) is 0 Å². The number of oxazole rings is 1. The molecule has 0 atom stereocenters. The number of thiol groups is 1. The van der Waals surface area contributed by atoms with Gasteiger partial charge < -0.3 is 14.1 Å². The zero-order chi connectivity index (χ0) is 20.8. The van der Waals surface area contributed by atoms with Gasteiger partial charge in [0.25, 0.3) is 5.52 Å². The van der Waals surface area contributed by atoms with Gasteiger partial charge in [-0.05, 0) is 32.0 Å². The zero-order valence-electron chi connectivity index (χ0n) is 16.8. The number of hydrogen-bond acceptors (Lipinski definition) is 5. The van der Waals surface area contributed by atoms with Crippen LogP contribution in [-0.4, -0.2) is 12.3 Å². The molecule has 6 heteroatoms. The van der Waals surface area contributed by atoms with E-state index < -0.39 is 0 Å². The summed E-state index contributed by atoms with van der Waals surface area (Å²) in [7, 11) is 0. The van der Waals surface area contributed by atoms with Crippen LogP contribution in [0.15, 0.2) is 81.0 Å². The van der Waals surface area contributed by atoms with Crippen molar-refractivity contribution >= 4 is 41.3 Å². The first-order valence-corrected chi connectivity index (χ1v) is 10.4. The molecule has 0 saturated heterocycles. The number of nitrogens with zero attached hydrogens (tertiary/aromatic N) is 2. The third-order valence-electron chi connectivity index (χ3n) is 5.44. The quantitative estimate of drug-likeness (QED) is 0.381. The van der Waals surface area contributed by atoms with Gasteiger partial charge in [-0.3, -0.25) is 4.79 Å². The molecular formula is C24H21N2O3S+. The molecule has 1 aliphatic heterocycles. The van der Waals surface area contributed by atoms with Gasteiger partial charge in [-0.1, -0.05) is 24.3 Å². The van der Waals surface area contributed by atoms with E-state index in [-0.39, 0.29) is 5.78 Å². The summed E-state index contributed by atoms with van der Waals surface area (Å²) >= 11 is 4.60. The third-order valence-corrected chi connectivity index (χ3v) is 5.92. The van der Waals surface area contributed by atoms with Gasteiger partial charge in [0.05, 0.1) is 11.8 Å². The number of allylic oxidation sites excluding steroid dienone is 3. The van der Waals surface area contributed by atoms with Crippen LogP contribution in [-0.2, 0) is 11.3 Å². The van der Waals surface area contributed by atoms with E-state index in [4.69, 9.17) is 9.15 Å². The maximum absolute atomic E-state index is 12.9. The van der Waals surface area contributed by atoms with Crippen molar-refractivity contribution in [2.75, 3.05) is 11.4 Å². The van der Waals surface area contributed by atoms with E-state index in [9.17, 15) is 4.79 Å². The molecule has 0 radical (unpaired) electrons. The van der Waals surface area contributed by atoms with Gasteiger partial charge in [-0.15, -0.1) is 12.6 Å². The molecule has 2 heterocycles. The molecule has 0 saturated carbocycles. The molecule has 0 amide bonds. The molecule has 0 fully saturated rings. The number of aryl methyl sites for hydroxylation is 1. The monoisotopic (exact) mass is 417 g/mol. The van der Waals surface area contributed by atoms with E-state index in [1.54, 1.807) is 12.2 Å². The average molecular weight is 418 g/mol. The lowest BCUT2D eigenvalue weighted by Gasteiger charge is -2.21. The number of aromatic nitrogens is 1. The summed E-state index contributed by atoms with van der Waals surface area (Å²) in [5, 5.41) is 0. The Balaban J connectivity index is 1.51. The minimum absolute atomic E-state index is 0.0637. The topological polar surface area (TPSA) is 46.6 Å². The maximum Gasteiger partial charge on any atom is 0.374 e. The van der Waals surface area contributed by atoms with E-state index in [0.717, 1.165) is 35.6 Å². The van der Waals surface area contributed by atoms with Crippen molar-refractivity contribution in [3.8, 4) is 5.75 Å². The summed E-state index contributed by atoms with van der Waals surface area (Å²) in [5.41, 5.74) is 3.89. The number of carbonyl (C=O) groups excluding carboxylic acids is 1. The molecule has 1 aromatic heterocycles. The van der Waals surface area contributed by atoms with Crippen LogP contribution in [0, 0.1) is 0 Å². The number of fused-ring (bicyclic) bond motifs is 2. The second-order valence-electron chi connectivity index (χ2n) is 7.10. The van der Waals surface area contributed by atoms with Gasteiger partial charge in [0.2, 0.25) is 11.5 Å². The first-order chi connectivity index (χ1) is 14.6. The molecular weight excluding hydrogens is 396 g/mol. The molecule has 150 valence electrons. The molecule has 0 N–H and O–H groups in total. The van der Waals surface area contributed by atoms with E-state index in [0.29, 0.717) is 27.8 Å². The van der Waals surface area contributed by atoms with Crippen LogP contribution in [0.3, 0.4) is 0 Å². The Morgan fingerprint density at radius 1 is 1.07 bits per heavy atom. The predicted molar refractivity (Wildman–Crippen MR) is 119 cm³/mol. The summed E-state index contributed by atoms with van der Waals surface area (Å²) in [5.74, 6) is 2.01. The Labute approximate surface area is 180 Å². The van der Waals surface area contributed by atoms with Crippen LogP contribution < -0.4 is 14.2 Å². The molecule has 1 aliphatic carbocycles. The molecule has 0 unspecified atom stereocenters. The van der Waals surface area contributed by atoms with Crippen LogP contribution in [0.4, 0.5) is 5.69 Å². The van der Waals surface area contributed by atoms with Gasteiger partial charge in [0, 0.05) is 34.7 Å². The first-order valence-electron chi connectivity index (χ1n) is 9.99. The van der Waals surface area contributed by atoms with E-state index in [1.165, 1.54) is 0 Å². The number of carbonyl (C=O) groups is 1. The molecule has 2 aliphatic rings. The number of hydrogen-bond donors (Lipinski definition) is 1. The number of benzene rings is 2. The number of para-hydroxylation sites is 4. The molecule has 2 aromatic carbocycles. The largest absolute Gasteiger partial charge is 0.439 e. The highest BCUT2D eigenvalue weighted by Gasteiger charge is 2.35. The van der Waals surface area contributed by atoms with E-state index >= 15 is 0 Å². The van der Waals surface area contributed by atoms with Gasteiger partial charge in [-0.2, -0.15) is 4.57 Å². The van der Waals surface area contributed by atoms with Crippen molar-refractivity contribution in [3.05, 3.63) is 82.4 Å². The van der Waals surface area contributed by atoms with Crippen LogP contribution in [0.25, 0.3) is 17.2 Å². The Bertz CT molecular complexity index is 1280. The normalized spacial score (nSPS) is 18.4. The number of anilines is 1. The van der Waals surface area contributed by atoms with Crippen molar-refractivity contribution in [1.29, 1.82) is 0 Å². The number of Topliss-reactive ketones (excluding diaryl/α,β-unsaturated/α-hetero) is 1. The second-order valence-corrected chi connectivity index (χ2v) is 7.55. The minimum atomic E-state index is -0.0637. The lowest BCUT2D eigenvalue weighted by molar-refractivity contribution is -0.674. The van der Waals surface area contributed by atoms with Crippen molar-refractivity contribution in [1.82, 2.24) is 0 Å². The number of ether oxygens (including phenoxy) is 1. The van der Waals surface area contributed by atoms with E-state index in [1.807, 2.05) is 71.8 Å². The number of ketones is 1. The standard InChI is InChI=1S/C24H20N2O3S/c1-3-25-17-9-5-7-11-19(17)28-21(25)13-15-23(27)16(24(15)30)14-22-26(4-2)18-10-6-8-12-20(18)29-22/h5-14H,3-4H2,1-2H3/p+1. The van der Waals surface area contributed by atoms with Crippen molar-refractivity contribution in [2.45, 2.75) is 20.4 Å². The van der Waals surface area contributed by atoms with Crippen molar-refractivity contribution < 1.29 is 18.5 Å². The fourth-order valence-electron chi connectivity index (χ4n) is 3.93. The molecule has 5 nitrogen and oxygen atoms in total. The summed E-state index contributed by atoms with van der Waals surface area (Å²) in [6, 6.07) is 15.7. The Kier molecular flexibility index (Phi) is 4.51. The Morgan fingerprint density at radius 2 is 1.83 bits per heavy atom. The fraction of sp³-hybridized carbons (Fsp3) is 0.167. The zero-order valence-corrected chi connectivity index (χ0v) is 17.6. The third kappa shape index (κ3) is 2.79. The summed E-state index contributed by atoms with van der Waals surface area (Å²) in [6.07, 6.45) is 3.55. The van der Waals surface area contributed by atoms with Gasteiger partial charge >= 0.3 is 5.89 Å². The molecule has 5 rings (SSSR count). The maximum atomic E-state index is 12.9. The SMILES string of the molecule is CCN1C(=CC2=C(S)C(=Cc3oc4ccccc4[n+]3CC)C2=O)Oc2ccccc21. The predicted octanol–water partition coefficient (Wildman–Crippen LogP) is 4.65. The second kappa shape index (κ2) is 7.22. The highest BCUT2D eigenvalue weighted by atomic mass is 32.1. The van der Waals surface area contributed by atoms with Gasteiger partial charge in [-0.25, -0.2) is 0 Å². The highest BCUT2D eigenvalue weighted by molar-refractivity contribution is 7.85. The van der Waals surface area contributed by atoms with Crippen molar-refractivity contribution in [3.63, 3.8) is 0 Å². The summed E-state index contributed by atoms with van der Waals surface area (Å²) in [6.45, 7) is 5.58. The summed E-state index contributed by atoms with van der Waals surface area (Å²) in [4.78, 5) is 15.6. The fourth-order valence-corrected chi connectivity index (χ4v) is 4.26. The Hall–Kier alpha value is -3.25. The minimum Gasteiger partial charge on any atom is -0.439 e. The smallest absolute Gasteiger partial charge is 0.374 e. The van der Waals surface area contributed by atoms with Crippen LogP contribution in [0.1, 0.15) is 19.7 Å². The molecule has 30 heavy (non-hydrogen) atoms. The van der Waals surface area contributed by atoms with Gasteiger partial charge in [0.15, 0.2) is 11.5 Å². The molecule has 3 aromatic rings. The van der Waals surface area contributed by atoms with Gasteiger partial charge in [0.1, 0.15) is 6.54 Å². The van der Waals surface area contributed by atoms with Crippen LogP contribution >= 0.6 is 12.6 Å². The van der Waals surface area contributed by atoms with Crippen LogP contribution in [0.5, 0.6) is 5.75 Å². The lowest BCUT2D eigenvalue weighted by Crippen LogP contribution is -2.34. The average Bonchev–Trinajstić information content (AvgIpc) is 3.32. The Morgan fingerprint density at radius 3 is 2.60 bits per heavy atom. The number of rotatable bonds is 4. The highest BCUT2D eigenvalue weighted by Crippen LogP contribution is 2.41. The molecule has 0 bridgehead atoms. The van der Waals surface area contributed by atoms with Crippen molar-refractivity contribution in [2.24, 2.45) is 0 Å².